The average molecular weight is 396 g/mol. The second-order valence-electron chi connectivity index (χ2n) is 6.80. The summed E-state index contributed by atoms with van der Waals surface area (Å²) < 4.78 is 27.0. The molecule has 3 heterocycles. The molecule has 148 valence electrons. The fraction of sp³-hybridized carbons (Fsp3) is 0.200. The smallest absolute Gasteiger partial charge is 0.265 e. The second kappa shape index (κ2) is 7.08. The molecule has 0 unspecified atom stereocenters. The van der Waals surface area contributed by atoms with Gasteiger partial charge in [-0.15, -0.1) is 0 Å². The minimum atomic E-state index is -2.57. The quantitative estimate of drug-likeness (QED) is 0.572. The highest BCUT2D eigenvalue weighted by atomic mass is 19.3. The van der Waals surface area contributed by atoms with Gasteiger partial charge in [0.05, 0.1) is 34.9 Å². The van der Waals surface area contributed by atoms with Gasteiger partial charge in [-0.2, -0.15) is 5.10 Å². The first-order valence-electron chi connectivity index (χ1n) is 8.84. The first-order chi connectivity index (χ1) is 13.8. The van der Waals surface area contributed by atoms with Crippen LogP contribution >= 0.6 is 0 Å². The van der Waals surface area contributed by atoms with E-state index in [1.165, 1.54) is 17.0 Å². The van der Waals surface area contributed by atoms with Crippen molar-refractivity contribution in [2.45, 2.75) is 13.0 Å². The third-order valence-corrected chi connectivity index (χ3v) is 4.80. The van der Waals surface area contributed by atoms with E-state index in [1.54, 1.807) is 43.2 Å². The molecule has 4 aromatic rings. The monoisotopic (exact) mass is 396 g/mol. The third-order valence-electron chi connectivity index (χ3n) is 4.80. The minimum absolute atomic E-state index is 0.149. The third kappa shape index (κ3) is 3.35. The van der Waals surface area contributed by atoms with Gasteiger partial charge >= 0.3 is 0 Å². The maximum absolute atomic E-state index is 12.9. The molecule has 1 aromatic carbocycles. The number of fused-ring (bicyclic) bond motifs is 3. The number of rotatable bonds is 4. The molecule has 0 atom stereocenters. The largest absolute Gasteiger partial charge is 0.383 e. The first-order valence-corrected chi connectivity index (χ1v) is 8.84. The fourth-order valence-electron chi connectivity index (χ4n) is 3.28. The van der Waals surface area contributed by atoms with Gasteiger partial charge in [-0.1, -0.05) is 0 Å². The van der Waals surface area contributed by atoms with Crippen LogP contribution in [0.2, 0.25) is 0 Å². The van der Waals surface area contributed by atoms with Gasteiger partial charge < -0.3 is 10.6 Å². The van der Waals surface area contributed by atoms with Gasteiger partial charge in [-0.25, -0.2) is 13.8 Å². The molecule has 3 aromatic heterocycles. The molecule has 1 amide bonds. The fourth-order valence-corrected chi connectivity index (χ4v) is 3.28. The van der Waals surface area contributed by atoms with Gasteiger partial charge in [0, 0.05) is 36.8 Å². The molecule has 0 saturated carbocycles. The normalized spacial score (nSPS) is 11.5. The SMILES string of the molecule is CN(Cc1ccc(C(F)F)cn1)C(=O)c1ccc2nc(N)c3cnn(C)c3c2c1. The van der Waals surface area contributed by atoms with Gasteiger partial charge in [-0.05, 0) is 30.3 Å². The molecule has 0 aliphatic heterocycles. The van der Waals surface area contributed by atoms with Gasteiger partial charge in [0.1, 0.15) is 5.82 Å². The lowest BCUT2D eigenvalue weighted by Gasteiger charge is -2.17. The van der Waals surface area contributed by atoms with Crippen LogP contribution in [0, 0.1) is 0 Å². The summed E-state index contributed by atoms with van der Waals surface area (Å²) in [6.45, 7) is 0.196. The Kier molecular flexibility index (Phi) is 4.57. The number of hydrogen-bond acceptors (Lipinski definition) is 5. The molecular formula is C20H18F2N6O. The van der Waals surface area contributed by atoms with Crippen LogP contribution in [-0.2, 0) is 13.6 Å². The lowest BCUT2D eigenvalue weighted by molar-refractivity contribution is 0.0783. The van der Waals surface area contributed by atoms with Crippen molar-refractivity contribution in [2.75, 3.05) is 12.8 Å². The molecule has 7 nitrogen and oxygen atoms in total. The Bertz CT molecular complexity index is 1220. The van der Waals surface area contributed by atoms with Crippen LogP contribution in [0.25, 0.3) is 21.8 Å². The van der Waals surface area contributed by atoms with E-state index in [9.17, 15) is 13.6 Å². The lowest BCUT2D eigenvalue weighted by Crippen LogP contribution is -2.26. The van der Waals surface area contributed by atoms with Crippen molar-refractivity contribution in [3.05, 3.63) is 59.5 Å². The van der Waals surface area contributed by atoms with E-state index >= 15 is 0 Å². The van der Waals surface area contributed by atoms with Crippen molar-refractivity contribution in [3.8, 4) is 0 Å². The van der Waals surface area contributed by atoms with Crippen LogP contribution in [0.15, 0.2) is 42.7 Å². The van der Waals surface area contributed by atoms with Gasteiger partial charge in [0.15, 0.2) is 0 Å². The maximum Gasteiger partial charge on any atom is 0.265 e. The summed E-state index contributed by atoms with van der Waals surface area (Å²) in [5.74, 6) is 0.161. The van der Waals surface area contributed by atoms with E-state index in [2.05, 4.69) is 15.1 Å². The van der Waals surface area contributed by atoms with E-state index in [0.29, 0.717) is 22.6 Å². The van der Waals surface area contributed by atoms with Crippen molar-refractivity contribution in [3.63, 3.8) is 0 Å². The molecule has 0 aliphatic carbocycles. The Labute approximate surface area is 164 Å². The zero-order valence-electron chi connectivity index (χ0n) is 15.8. The highest BCUT2D eigenvalue weighted by Gasteiger charge is 2.17. The maximum atomic E-state index is 12.9. The van der Waals surface area contributed by atoms with E-state index in [0.717, 1.165) is 22.5 Å². The van der Waals surface area contributed by atoms with Crippen molar-refractivity contribution in [1.82, 2.24) is 24.6 Å². The first kappa shape index (κ1) is 18.7. The summed E-state index contributed by atoms with van der Waals surface area (Å²) in [7, 11) is 3.44. The van der Waals surface area contributed by atoms with Gasteiger partial charge in [-0.3, -0.25) is 14.5 Å². The summed E-state index contributed by atoms with van der Waals surface area (Å²) in [5.41, 5.74) is 8.32. The summed E-state index contributed by atoms with van der Waals surface area (Å²) in [6.07, 6.45) is 0.204. The van der Waals surface area contributed by atoms with Crippen molar-refractivity contribution >= 4 is 33.5 Å². The zero-order valence-corrected chi connectivity index (χ0v) is 15.8. The molecule has 0 fully saturated rings. The number of nitrogens with zero attached hydrogens (tertiary/aromatic N) is 5. The molecule has 4 rings (SSSR count). The van der Waals surface area contributed by atoms with Crippen molar-refractivity contribution < 1.29 is 13.6 Å². The van der Waals surface area contributed by atoms with Crippen molar-refractivity contribution in [2.24, 2.45) is 7.05 Å². The molecule has 0 radical (unpaired) electrons. The summed E-state index contributed by atoms with van der Waals surface area (Å²) in [5, 5.41) is 5.73. The second-order valence-corrected chi connectivity index (χ2v) is 6.80. The summed E-state index contributed by atoms with van der Waals surface area (Å²) in [6, 6.07) is 8.00. The Morgan fingerprint density at radius 2 is 2.00 bits per heavy atom. The van der Waals surface area contributed by atoms with Gasteiger partial charge in [0.25, 0.3) is 12.3 Å². The van der Waals surface area contributed by atoms with Gasteiger partial charge in [0.2, 0.25) is 0 Å². The number of hydrogen-bond donors (Lipinski definition) is 1. The predicted octanol–water partition coefficient (Wildman–Crippen LogP) is 3.31. The van der Waals surface area contributed by atoms with E-state index < -0.39 is 6.43 Å². The molecule has 0 saturated heterocycles. The predicted molar refractivity (Wildman–Crippen MR) is 105 cm³/mol. The number of benzene rings is 1. The number of nitrogen functional groups attached to an aromatic ring is 1. The Morgan fingerprint density at radius 1 is 1.21 bits per heavy atom. The highest BCUT2D eigenvalue weighted by Crippen LogP contribution is 2.28. The molecular weight excluding hydrogens is 378 g/mol. The number of alkyl halides is 2. The average Bonchev–Trinajstić information content (AvgIpc) is 3.10. The van der Waals surface area contributed by atoms with Crippen LogP contribution in [-0.4, -0.2) is 37.6 Å². The number of halogens is 2. The Hall–Kier alpha value is -3.62. The summed E-state index contributed by atoms with van der Waals surface area (Å²) >= 11 is 0. The number of anilines is 1. The van der Waals surface area contributed by atoms with Crippen LogP contribution in [0.5, 0.6) is 0 Å². The van der Waals surface area contributed by atoms with E-state index in [1.807, 2.05) is 0 Å². The zero-order chi connectivity index (χ0) is 20.7. The van der Waals surface area contributed by atoms with Crippen molar-refractivity contribution in [1.29, 1.82) is 0 Å². The minimum Gasteiger partial charge on any atom is -0.383 e. The number of aromatic nitrogens is 4. The Balaban J connectivity index is 1.65. The highest BCUT2D eigenvalue weighted by molar-refractivity contribution is 6.10. The molecule has 2 N–H and O–H groups in total. The lowest BCUT2D eigenvalue weighted by atomic mass is 10.1. The number of aryl methyl sites for hydroxylation is 1. The molecule has 0 spiro atoms. The standard InChI is InChI=1S/C20H18F2N6O/c1-27(10-13-5-3-12(8-24-13)18(21)22)20(29)11-4-6-16-14(7-11)17-15(19(23)26-16)9-25-28(17)2/h3-9,18H,10H2,1-2H3,(H2,23,26). The topological polar surface area (TPSA) is 89.9 Å². The number of carbonyl (C=O) groups excluding carboxylic acids is 1. The van der Waals surface area contributed by atoms with Crippen LogP contribution in [0.4, 0.5) is 14.6 Å². The number of amides is 1. The molecule has 0 aliphatic rings. The van der Waals surface area contributed by atoms with E-state index in [4.69, 9.17) is 5.73 Å². The Morgan fingerprint density at radius 3 is 2.69 bits per heavy atom. The molecule has 29 heavy (non-hydrogen) atoms. The van der Waals surface area contributed by atoms with Crippen LogP contribution in [0.3, 0.4) is 0 Å². The molecule has 0 bridgehead atoms. The number of pyridine rings is 2. The van der Waals surface area contributed by atoms with E-state index in [-0.39, 0.29) is 18.0 Å². The number of carbonyl (C=O) groups is 1. The molecule has 9 heteroatoms. The summed E-state index contributed by atoms with van der Waals surface area (Å²) in [4.78, 5) is 22.8. The van der Waals surface area contributed by atoms with Crippen LogP contribution < -0.4 is 5.73 Å². The van der Waals surface area contributed by atoms with Crippen LogP contribution in [0.1, 0.15) is 28.0 Å². The number of nitrogens with two attached hydrogens (primary N) is 1.